The van der Waals surface area contributed by atoms with Crippen molar-refractivity contribution in [1.82, 2.24) is 0 Å². The number of fused-ring (bicyclic) bond motifs is 1. The highest BCUT2D eigenvalue weighted by Crippen LogP contribution is 2.35. The van der Waals surface area contributed by atoms with E-state index in [1.165, 1.54) is 6.26 Å². The molecule has 8 heteroatoms. The average Bonchev–Trinajstić information content (AvgIpc) is 2.77. The Morgan fingerprint density at radius 1 is 1.13 bits per heavy atom. The summed E-state index contributed by atoms with van der Waals surface area (Å²) < 4.78 is 32.4. The van der Waals surface area contributed by atoms with Crippen LogP contribution in [0.2, 0.25) is 0 Å². The molecule has 1 aromatic rings. The molecular formula is C22H28O8. The summed E-state index contributed by atoms with van der Waals surface area (Å²) in [6.07, 6.45) is 2.74. The highest BCUT2D eigenvalue weighted by molar-refractivity contribution is 5.96. The van der Waals surface area contributed by atoms with Crippen LogP contribution in [-0.2, 0) is 28.5 Å². The van der Waals surface area contributed by atoms with Crippen molar-refractivity contribution < 1.29 is 38.0 Å². The van der Waals surface area contributed by atoms with E-state index in [-0.39, 0.29) is 42.9 Å². The number of ether oxygens (including phenoxy) is 6. The summed E-state index contributed by atoms with van der Waals surface area (Å²) in [5, 5.41) is 0. The van der Waals surface area contributed by atoms with Gasteiger partial charge in [0.2, 0.25) is 11.5 Å². The maximum absolute atomic E-state index is 12.8. The Bertz CT molecular complexity index is 742. The van der Waals surface area contributed by atoms with Crippen LogP contribution in [0, 0.1) is 5.92 Å². The van der Waals surface area contributed by atoms with Crippen molar-refractivity contribution in [3.05, 3.63) is 36.3 Å². The molecule has 0 bridgehead atoms. The number of rotatable bonds is 10. The zero-order valence-electron chi connectivity index (χ0n) is 17.3. The first-order valence-electron chi connectivity index (χ1n) is 10.2. The van der Waals surface area contributed by atoms with Crippen molar-refractivity contribution in [2.45, 2.75) is 38.4 Å². The summed E-state index contributed by atoms with van der Waals surface area (Å²) in [5.41, 5.74) is 0. The van der Waals surface area contributed by atoms with Gasteiger partial charge in [-0.25, -0.2) is 4.79 Å². The summed E-state index contributed by atoms with van der Waals surface area (Å²) >= 11 is 0. The minimum absolute atomic E-state index is 0.0733. The zero-order valence-corrected chi connectivity index (χ0v) is 17.3. The normalized spacial score (nSPS) is 23.1. The monoisotopic (exact) mass is 420 g/mol. The quantitative estimate of drug-likeness (QED) is 0.422. The lowest BCUT2D eigenvalue weighted by Gasteiger charge is -2.36. The third-order valence-corrected chi connectivity index (χ3v) is 5.09. The van der Waals surface area contributed by atoms with E-state index in [0.717, 1.165) is 0 Å². The highest BCUT2D eigenvalue weighted by atomic mass is 16.6. The minimum Gasteiger partial charge on any atom is -0.497 e. The largest absolute Gasteiger partial charge is 0.497 e. The number of carbonyl (C=O) groups excluding carboxylic acids is 2. The summed E-state index contributed by atoms with van der Waals surface area (Å²) in [6.45, 7) is 2.93. The second kappa shape index (κ2) is 11.0. The number of Topliss-reactive ketones (excluding diaryl/α,β-unsaturated/α-hetero) is 1. The van der Waals surface area contributed by atoms with Gasteiger partial charge < -0.3 is 28.4 Å². The van der Waals surface area contributed by atoms with E-state index < -0.39 is 5.97 Å². The fourth-order valence-corrected chi connectivity index (χ4v) is 3.52. The van der Waals surface area contributed by atoms with Gasteiger partial charge in [-0.05, 0) is 44.0 Å². The number of ketones is 1. The van der Waals surface area contributed by atoms with Crippen LogP contribution in [0.3, 0.4) is 0 Å². The van der Waals surface area contributed by atoms with Crippen LogP contribution in [0.4, 0.5) is 0 Å². The van der Waals surface area contributed by atoms with Crippen LogP contribution < -0.4 is 9.47 Å². The lowest BCUT2D eigenvalue weighted by Crippen LogP contribution is -2.42. The molecule has 1 aromatic carbocycles. The van der Waals surface area contributed by atoms with E-state index in [1.54, 1.807) is 31.4 Å². The van der Waals surface area contributed by atoms with Gasteiger partial charge >= 0.3 is 5.97 Å². The van der Waals surface area contributed by atoms with Crippen LogP contribution in [0.25, 0.3) is 0 Å². The molecule has 164 valence electrons. The lowest BCUT2D eigenvalue weighted by atomic mass is 9.80. The van der Waals surface area contributed by atoms with Crippen LogP contribution >= 0.6 is 0 Å². The van der Waals surface area contributed by atoms with Gasteiger partial charge in [-0.15, -0.1) is 0 Å². The fourth-order valence-electron chi connectivity index (χ4n) is 3.52. The van der Waals surface area contributed by atoms with Crippen molar-refractivity contribution in [3.63, 3.8) is 0 Å². The maximum Gasteiger partial charge on any atom is 0.332 e. The molecule has 1 heterocycles. The summed E-state index contributed by atoms with van der Waals surface area (Å²) in [4.78, 5) is 24.5. The second-order valence-electron chi connectivity index (χ2n) is 7.07. The first-order chi connectivity index (χ1) is 14.6. The van der Waals surface area contributed by atoms with E-state index in [1.807, 2.05) is 6.92 Å². The van der Waals surface area contributed by atoms with Gasteiger partial charge in [0.1, 0.15) is 37.1 Å². The molecule has 0 radical (unpaired) electrons. The molecule has 0 aromatic heterocycles. The molecule has 0 saturated heterocycles. The van der Waals surface area contributed by atoms with Gasteiger partial charge in [-0.3, -0.25) is 4.79 Å². The topological polar surface area (TPSA) is 89.5 Å². The van der Waals surface area contributed by atoms with E-state index in [0.29, 0.717) is 44.0 Å². The number of methoxy groups -OCH3 is 1. The number of carbonyl (C=O) groups is 2. The summed E-state index contributed by atoms with van der Waals surface area (Å²) in [6, 6.07) is 6.99. The molecule has 0 amide bonds. The first-order valence-corrected chi connectivity index (χ1v) is 10.2. The van der Waals surface area contributed by atoms with Crippen LogP contribution in [0.5, 0.6) is 11.5 Å². The van der Waals surface area contributed by atoms with Crippen molar-refractivity contribution in [3.8, 4) is 11.5 Å². The Hall–Kier alpha value is -2.58. The van der Waals surface area contributed by atoms with E-state index in [4.69, 9.17) is 28.4 Å². The predicted octanol–water partition coefficient (Wildman–Crippen LogP) is 2.65. The SMILES string of the molecule is CCOCCOC(=O)COC1CCC2C(=O)C(Oc3ccc(OC)cc3)=COC2C1. The minimum atomic E-state index is -0.424. The molecular weight excluding hydrogens is 392 g/mol. The molecule has 1 fully saturated rings. The van der Waals surface area contributed by atoms with E-state index in [2.05, 4.69) is 0 Å². The molecule has 1 aliphatic heterocycles. The van der Waals surface area contributed by atoms with Gasteiger partial charge in [0.05, 0.1) is 25.7 Å². The number of hydrogen-bond donors (Lipinski definition) is 0. The van der Waals surface area contributed by atoms with Crippen molar-refractivity contribution >= 4 is 11.8 Å². The number of hydrogen-bond acceptors (Lipinski definition) is 8. The molecule has 8 nitrogen and oxygen atoms in total. The van der Waals surface area contributed by atoms with Crippen LogP contribution in [0.15, 0.2) is 36.3 Å². The number of allylic oxidation sites excluding steroid dienone is 1. The van der Waals surface area contributed by atoms with Gasteiger partial charge in [-0.1, -0.05) is 0 Å². The standard InChI is InChI=1S/C22H28O8/c1-3-26-10-11-27-21(23)14-28-17-8-9-18-19(12-17)29-13-20(22(18)24)30-16-6-4-15(25-2)5-7-16/h4-7,13,17-19H,3,8-12,14H2,1-2H3. The Balaban J connectivity index is 1.46. The fraction of sp³-hybridized carbons (Fsp3) is 0.545. The van der Waals surface area contributed by atoms with Crippen LogP contribution in [-0.4, -0.2) is 57.5 Å². The summed E-state index contributed by atoms with van der Waals surface area (Å²) in [5.74, 6) is 0.666. The Morgan fingerprint density at radius 3 is 2.63 bits per heavy atom. The van der Waals surface area contributed by atoms with Crippen molar-refractivity contribution in [2.24, 2.45) is 5.92 Å². The first kappa shape index (κ1) is 22.1. The molecule has 0 spiro atoms. The molecule has 3 atom stereocenters. The third kappa shape index (κ3) is 5.96. The van der Waals surface area contributed by atoms with Gasteiger partial charge in [0.25, 0.3) is 0 Å². The Kier molecular flexibility index (Phi) is 8.10. The highest BCUT2D eigenvalue weighted by Gasteiger charge is 2.41. The molecule has 3 unspecified atom stereocenters. The molecule has 1 saturated carbocycles. The maximum atomic E-state index is 12.8. The number of benzene rings is 1. The van der Waals surface area contributed by atoms with E-state index in [9.17, 15) is 9.59 Å². The van der Waals surface area contributed by atoms with Gasteiger partial charge in [0, 0.05) is 13.0 Å². The second-order valence-corrected chi connectivity index (χ2v) is 7.07. The van der Waals surface area contributed by atoms with Crippen molar-refractivity contribution in [1.29, 1.82) is 0 Å². The van der Waals surface area contributed by atoms with E-state index >= 15 is 0 Å². The number of esters is 1. The molecule has 3 rings (SSSR count). The van der Waals surface area contributed by atoms with Gasteiger partial charge in [0.15, 0.2) is 0 Å². The average molecular weight is 420 g/mol. The van der Waals surface area contributed by atoms with Crippen molar-refractivity contribution in [2.75, 3.05) is 33.5 Å². The third-order valence-electron chi connectivity index (χ3n) is 5.09. The zero-order chi connectivity index (χ0) is 21.3. The Labute approximate surface area is 176 Å². The molecule has 2 aliphatic rings. The lowest BCUT2D eigenvalue weighted by molar-refractivity contribution is -0.156. The summed E-state index contributed by atoms with van der Waals surface area (Å²) in [7, 11) is 1.59. The molecule has 1 aliphatic carbocycles. The Morgan fingerprint density at radius 2 is 1.90 bits per heavy atom. The molecule has 0 N–H and O–H groups in total. The molecule has 30 heavy (non-hydrogen) atoms. The van der Waals surface area contributed by atoms with Gasteiger partial charge in [-0.2, -0.15) is 0 Å². The predicted molar refractivity (Wildman–Crippen MR) is 106 cm³/mol. The van der Waals surface area contributed by atoms with Crippen LogP contribution in [0.1, 0.15) is 26.2 Å². The smallest absolute Gasteiger partial charge is 0.332 e.